The molecular weight excluding hydrogens is 294 g/mol. The third-order valence-electron chi connectivity index (χ3n) is 4.90. The fraction of sp³-hybridized carbons (Fsp3) is 0.588. The summed E-state index contributed by atoms with van der Waals surface area (Å²) in [4.78, 5) is 24.8. The Labute approximate surface area is 136 Å². The van der Waals surface area contributed by atoms with Crippen molar-refractivity contribution in [1.82, 2.24) is 4.90 Å². The number of nitro groups is 1. The van der Waals surface area contributed by atoms with Gasteiger partial charge in [0.2, 0.25) is 5.91 Å². The van der Waals surface area contributed by atoms with Crippen molar-refractivity contribution in [2.24, 2.45) is 11.1 Å². The Morgan fingerprint density at radius 1 is 1.30 bits per heavy atom. The SMILES string of the molecule is CN(Cc1ccccc1[N+](=O)[O-])C(=O)CC1(CN)CCCCC1. The molecule has 0 aromatic heterocycles. The number of carbonyl (C=O) groups is 1. The predicted molar refractivity (Wildman–Crippen MR) is 88.8 cm³/mol. The largest absolute Gasteiger partial charge is 0.341 e. The highest BCUT2D eigenvalue weighted by Gasteiger charge is 2.34. The summed E-state index contributed by atoms with van der Waals surface area (Å²) in [5.41, 5.74) is 6.46. The van der Waals surface area contributed by atoms with Gasteiger partial charge in [0.15, 0.2) is 0 Å². The van der Waals surface area contributed by atoms with Gasteiger partial charge in [-0.05, 0) is 24.8 Å². The van der Waals surface area contributed by atoms with Crippen molar-refractivity contribution in [3.05, 3.63) is 39.9 Å². The van der Waals surface area contributed by atoms with E-state index in [1.807, 2.05) is 0 Å². The molecule has 1 aromatic rings. The summed E-state index contributed by atoms with van der Waals surface area (Å²) in [6.07, 6.45) is 5.88. The highest BCUT2D eigenvalue weighted by molar-refractivity contribution is 5.76. The van der Waals surface area contributed by atoms with Crippen LogP contribution in [0.1, 0.15) is 44.1 Å². The Bertz CT molecular complexity index is 568. The molecule has 0 saturated heterocycles. The maximum atomic E-state index is 12.6. The van der Waals surface area contributed by atoms with E-state index in [4.69, 9.17) is 5.73 Å². The van der Waals surface area contributed by atoms with Gasteiger partial charge in [0.1, 0.15) is 0 Å². The van der Waals surface area contributed by atoms with Crippen molar-refractivity contribution >= 4 is 11.6 Å². The Hall–Kier alpha value is -1.95. The fourth-order valence-corrected chi connectivity index (χ4v) is 3.38. The summed E-state index contributed by atoms with van der Waals surface area (Å²) in [7, 11) is 1.70. The highest BCUT2D eigenvalue weighted by Crippen LogP contribution is 2.38. The van der Waals surface area contributed by atoms with Crippen LogP contribution in [0.5, 0.6) is 0 Å². The molecule has 0 bridgehead atoms. The molecule has 0 atom stereocenters. The zero-order chi connectivity index (χ0) is 16.9. The predicted octanol–water partition coefficient (Wildman–Crippen LogP) is 2.85. The van der Waals surface area contributed by atoms with Crippen LogP contribution in [0.25, 0.3) is 0 Å². The number of hydrogen-bond donors (Lipinski definition) is 1. The molecule has 1 aliphatic rings. The van der Waals surface area contributed by atoms with Gasteiger partial charge in [-0.1, -0.05) is 37.5 Å². The van der Waals surface area contributed by atoms with Crippen LogP contribution in [0.2, 0.25) is 0 Å². The van der Waals surface area contributed by atoms with Gasteiger partial charge in [0.25, 0.3) is 5.69 Å². The second kappa shape index (κ2) is 7.55. The molecular formula is C17H25N3O3. The number of amides is 1. The van der Waals surface area contributed by atoms with Crippen molar-refractivity contribution in [3.8, 4) is 0 Å². The molecule has 2 rings (SSSR count). The van der Waals surface area contributed by atoms with E-state index >= 15 is 0 Å². The summed E-state index contributed by atoms with van der Waals surface area (Å²) in [5, 5.41) is 11.1. The Morgan fingerprint density at radius 2 is 1.96 bits per heavy atom. The second-order valence-electron chi connectivity index (χ2n) is 6.58. The van der Waals surface area contributed by atoms with Crippen molar-refractivity contribution in [3.63, 3.8) is 0 Å². The number of para-hydroxylation sites is 1. The van der Waals surface area contributed by atoms with E-state index in [1.165, 1.54) is 12.5 Å². The van der Waals surface area contributed by atoms with Gasteiger partial charge in [0, 0.05) is 25.1 Å². The van der Waals surface area contributed by atoms with E-state index in [0.717, 1.165) is 25.7 Å². The van der Waals surface area contributed by atoms with Gasteiger partial charge >= 0.3 is 0 Å². The molecule has 6 nitrogen and oxygen atoms in total. The van der Waals surface area contributed by atoms with Crippen LogP contribution < -0.4 is 5.73 Å². The molecule has 0 spiro atoms. The number of rotatable bonds is 6. The quantitative estimate of drug-likeness (QED) is 0.645. The normalized spacial score (nSPS) is 16.8. The fourth-order valence-electron chi connectivity index (χ4n) is 3.38. The molecule has 2 N–H and O–H groups in total. The first kappa shape index (κ1) is 17.4. The molecule has 0 unspecified atom stereocenters. The van der Waals surface area contributed by atoms with Crippen LogP contribution >= 0.6 is 0 Å². The Balaban J connectivity index is 2.04. The lowest BCUT2D eigenvalue weighted by molar-refractivity contribution is -0.385. The molecule has 6 heteroatoms. The van der Waals surface area contributed by atoms with Gasteiger partial charge < -0.3 is 10.6 Å². The van der Waals surface area contributed by atoms with Crippen LogP contribution in [0, 0.1) is 15.5 Å². The smallest absolute Gasteiger partial charge is 0.274 e. The van der Waals surface area contributed by atoms with Gasteiger partial charge in [-0.3, -0.25) is 14.9 Å². The lowest BCUT2D eigenvalue weighted by atomic mass is 9.71. The second-order valence-corrected chi connectivity index (χ2v) is 6.58. The van der Waals surface area contributed by atoms with E-state index in [-0.39, 0.29) is 23.6 Å². The molecule has 1 aromatic carbocycles. The van der Waals surface area contributed by atoms with Crippen LogP contribution in [-0.4, -0.2) is 29.3 Å². The van der Waals surface area contributed by atoms with E-state index in [9.17, 15) is 14.9 Å². The van der Waals surface area contributed by atoms with E-state index in [1.54, 1.807) is 30.1 Å². The number of nitrogens with zero attached hydrogens (tertiary/aromatic N) is 2. The number of nitro benzene ring substituents is 1. The van der Waals surface area contributed by atoms with Gasteiger partial charge in [-0.25, -0.2) is 0 Å². The summed E-state index contributed by atoms with van der Waals surface area (Å²) in [5.74, 6) is 0.00972. The average Bonchev–Trinajstić information content (AvgIpc) is 2.56. The minimum Gasteiger partial charge on any atom is -0.341 e. The molecule has 1 saturated carbocycles. The number of benzene rings is 1. The van der Waals surface area contributed by atoms with Crippen molar-refractivity contribution in [2.45, 2.75) is 45.1 Å². The first-order valence-corrected chi connectivity index (χ1v) is 8.14. The molecule has 0 radical (unpaired) electrons. The molecule has 1 fully saturated rings. The Morgan fingerprint density at radius 3 is 2.57 bits per heavy atom. The van der Waals surface area contributed by atoms with Gasteiger partial charge in [-0.2, -0.15) is 0 Å². The molecule has 0 heterocycles. The molecule has 1 amide bonds. The molecule has 1 aliphatic carbocycles. The highest BCUT2D eigenvalue weighted by atomic mass is 16.6. The van der Waals surface area contributed by atoms with Crippen LogP contribution in [-0.2, 0) is 11.3 Å². The van der Waals surface area contributed by atoms with E-state index in [0.29, 0.717) is 18.5 Å². The van der Waals surface area contributed by atoms with E-state index in [2.05, 4.69) is 0 Å². The van der Waals surface area contributed by atoms with Gasteiger partial charge in [-0.15, -0.1) is 0 Å². The van der Waals surface area contributed by atoms with E-state index < -0.39 is 4.92 Å². The van der Waals surface area contributed by atoms with Crippen LogP contribution in [0.3, 0.4) is 0 Å². The molecule has 126 valence electrons. The average molecular weight is 319 g/mol. The van der Waals surface area contributed by atoms with Crippen molar-refractivity contribution in [2.75, 3.05) is 13.6 Å². The first-order chi connectivity index (χ1) is 11.0. The van der Waals surface area contributed by atoms with Crippen LogP contribution in [0.15, 0.2) is 24.3 Å². The molecule has 0 aliphatic heterocycles. The molecule has 23 heavy (non-hydrogen) atoms. The lowest BCUT2D eigenvalue weighted by Crippen LogP contribution is -2.39. The Kier molecular flexibility index (Phi) is 5.71. The lowest BCUT2D eigenvalue weighted by Gasteiger charge is -2.36. The summed E-state index contributed by atoms with van der Waals surface area (Å²) in [6, 6.07) is 6.55. The monoisotopic (exact) mass is 319 g/mol. The number of nitrogens with two attached hydrogens (primary N) is 1. The maximum absolute atomic E-state index is 12.6. The van der Waals surface area contributed by atoms with Crippen LogP contribution in [0.4, 0.5) is 5.69 Å². The zero-order valence-electron chi connectivity index (χ0n) is 13.7. The third kappa shape index (κ3) is 4.28. The minimum atomic E-state index is -0.407. The summed E-state index contributed by atoms with van der Waals surface area (Å²) in [6.45, 7) is 0.773. The maximum Gasteiger partial charge on any atom is 0.274 e. The topological polar surface area (TPSA) is 89.5 Å². The zero-order valence-corrected chi connectivity index (χ0v) is 13.7. The first-order valence-electron chi connectivity index (χ1n) is 8.14. The van der Waals surface area contributed by atoms with Crippen molar-refractivity contribution in [1.29, 1.82) is 0 Å². The minimum absolute atomic E-state index is 0.00972. The number of carbonyl (C=O) groups excluding carboxylic acids is 1. The van der Waals surface area contributed by atoms with Crippen molar-refractivity contribution < 1.29 is 9.72 Å². The standard InChI is InChI=1S/C17H25N3O3/c1-19(12-14-7-3-4-8-15(14)20(22)23)16(21)11-17(13-18)9-5-2-6-10-17/h3-4,7-8H,2,5-6,9-13,18H2,1H3. The summed E-state index contributed by atoms with van der Waals surface area (Å²) < 4.78 is 0. The summed E-state index contributed by atoms with van der Waals surface area (Å²) >= 11 is 0. The number of hydrogen-bond acceptors (Lipinski definition) is 4. The third-order valence-corrected chi connectivity index (χ3v) is 4.90. The van der Waals surface area contributed by atoms with Gasteiger partial charge in [0.05, 0.1) is 11.5 Å².